The first-order chi connectivity index (χ1) is 14.7. The van der Waals surface area contributed by atoms with Crippen molar-refractivity contribution in [2.24, 2.45) is 23.2 Å². The van der Waals surface area contributed by atoms with Crippen molar-refractivity contribution in [3.63, 3.8) is 0 Å². The van der Waals surface area contributed by atoms with Crippen LogP contribution in [0.2, 0.25) is 0 Å². The molecule has 4 fully saturated rings. The van der Waals surface area contributed by atoms with Crippen LogP contribution in [0.1, 0.15) is 53.0 Å². The van der Waals surface area contributed by atoms with Crippen LogP contribution in [0.25, 0.3) is 5.57 Å². The van der Waals surface area contributed by atoms with Crippen LogP contribution in [0.15, 0.2) is 36.4 Å². The molecule has 6 rings (SSSR count). The first kappa shape index (κ1) is 21.2. The van der Waals surface area contributed by atoms with E-state index >= 15 is 0 Å². The second-order valence-corrected chi connectivity index (χ2v) is 11.0. The monoisotopic (exact) mass is 422 g/mol. The predicted molar refractivity (Wildman–Crippen MR) is 123 cm³/mol. The molecule has 0 radical (unpaired) electrons. The Balaban J connectivity index is 1.28. The van der Waals surface area contributed by atoms with Gasteiger partial charge < -0.3 is 14.6 Å². The molecule has 6 atom stereocenters. The van der Waals surface area contributed by atoms with Crippen molar-refractivity contribution in [3.05, 3.63) is 42.0 Å². The third kappa shape index (κ3) is 3.38. The Morgan fingerprint density at radius 3 is 2.61 bits per heavy atom. The minimum absolute atomic E-state index is 0.0125. The van der Waals surface area contributed by atoms with Gasteiger partial charge in [0.1, 0.15) is 6.04 Å². The maximum Gasteiger partial charge on any atom is 0.481 e. The second kappa shape index (κ2) is 7.46. The van der Waals surface area contributed by atoms with E-state index in [1.54, 1.807) is 0 Å². The zero-order chi connectivity index (χ0) is 22.0. The summed E-state index contributed by atoms with van der Waals surface area (Å²) in [5, 5.41) is 6.59. The SMILES string of the molecule is CC(C)[C@H](NC(=O)C1C=C(c2ccccc2)CN1)B1O[C@@H]2C[C@@H]3C[C@@H](C3(C)C)[C@]2(C)O1. The summed E-state index contributed by atoms with van der Waals surface area (Å²) < 4.78 is 13.1. The fourth-order valence-electron chi connectivity index (χ4n) is 6.41. The van der Waals surface area contributed by atoms with Gasteiger partial charge in [0.05, 0.1) is 17.6 Å². The Hall–Kier alpha value is -1.63. The molecule has 5 aliphatic rings. The smallest absolute Gasteiger partial charge is 0.404 e. The molecule has 6 heteroatoms. The van der Waals surface area contributed by atoms with Crippen LogP contribution in [0, 0.1) is 23.2 Å². The van der Waals surface area contributed by atoms with E-state index in [-0.39, 0.29) is 35.5 Å². The van der Waals surface area contributed by atoms with E-state index in [0.29, 0.717) is 23.8 Å². The minimum Gasteiger partial charge on any atom is -0.404 e. The highest BCUT2D eigenvalue weighted by Crippen LogP contribution is 2.65. The molecule has 0 spiro atoms. The van der Waals surface area contributed by atoms with Gasteiger partial charge in [-0.3, -0.25) is 10.1 Å². The summed E-state index contributed by atoms with van der Waals surface area (Å²) in [6, 6.07) is 9.90. The fraction of sp³-hybridized carbons (Fsp3) is 0.640. The van der Waals surface area contributed by atoms with Gasteiger partial charge in [0.25, 0.3) is 0 Å². The van der Waals surface area contributed by atoms with Gasteiger partial charge in [0.15, 0.2) is 0 Å². The molecule has 166 valence electrons. The van der Waals surface area contributed by atoms with Crippen LogP contribution in [-0.2, 0) is 14.1 Å². The lowest BCUT2D eigenvalue weighted by Gasteiger charge is -2.64. The number of carbonyl (C=O) groups is 1. The molecule has 3 saturated carbocycles. The summed E-state index contributed by atoms with van der Waals surface area (Å²) in [6.07, 6.45) is 4.45. The fourth-order valence-corrected chi connectivity index (χ4v) is 6.41. The van der Waals surface area contributed by atoms with Gasteiger partial charge in [-0.1, -0.05) is 64.1 Å². The molecule has 5 nitrogen and oxygen atoms in total. The minimum atomic E-state index is -0.395. The van der Waals surface area contributed by atoms with Gasteiger partial charge in [0.2, 0.25) is 5.91 Å². The Morgan fingerprint density at radius 2 is 1.94 bits per heavy atom. The molecule has 2 N–H and O–H groups in total. The first-order valence-electron chi connectivity index (χ1n) is 11.8. The Labute approximate surface area is 186 Å². The first-order valence-corrected chi connectivity index (χ1v) is 11.8. The molecule has 1 amide bonds. The van der Waals surface area contributed by atoms with E-state index in [2.05, 4.69) is 57.4 Å². The number of benzene rings is 1. The lowest BCUT2D eigenvalue weighted by molar-refractivity contribution is -0.199. The number of carbonyl (C=O) groups excluding carboxylic acids is 1. The zero-order valence-corrected chi connectivity index (χ0v) is 19.4. The van der Waals surface area contributed by atoms with Crippen molar-refractivity contribution in [1.82, 2.24) is 10.6 Å². The summed E-state index contributed by atoms with van der Waals surface area (Å²) in [4.78, 5) is 13.1. The van der Waals surface area contributed by atoms with Crippen LogP contribution in [-0.4, -0.2) is 43.3 Å². The molecule has 1 unspecified atom stereocenters. The van der Waals surface area contributed by atoms with E-state index in [0.717, 1.165) is 17.6 Å². The number of rotatable bonds is 5. The molecular formula is C25H35BN2O3. The normalized spacial score (nSPS) is 36.6. The molecule has 2 aliphatic heterocycles. The average molecular weight is 422 g/mol. The molecular weight excluding hydrogens is 387 g/mol. The summed E-state index contributed by atoms with van der Waals surface area (Å²) in [5.41, 5.74) is 2.38. The maximum absolute atomic E-state index is 13.1. The molecule has 1 aromatic rings. The zero-order valence-electron chi connectivity index (χ0n) is 19.4. The van der Waals surface area contributed by atoms with Crippen LogP contribution in [0.3, 0.4) is 0 Å². The topological polar surface area (TPSA) is 59.6 Å². The molecule has 1 aromatic carbocycles. The van der Waals surface area contributed by atoms with E-state index < -0.39 is 7.12 Å². The van der Waals surface area contributed by atoms with Gasteiger partial charge in [-0.2, -0.15) is 0 Å². The Morgan fingerprint density at radius 1 is 1.19 bits per heavy atom. The lowest BCUT2D eigenvalue weighted by Crippen LogP contribution is -2.65. The van der Waals surface area contributed by atoms with Crippen molar-refractivity contribution in [2.45, 2.75) is 71.1 Å². The van der Waals surface area contributed by atoms with Gasteiger partial charge in [-0.05, 0) is 54.1 Å². The van der Waals surface area contributed by atoms with Crippen LogP contribution in [0.5, 0.6) is 0 Å². The molecule has 0 aromatic heterocycles. The van der Waals surface area contributed by atoms with Gasteiger partial charge in [-0.25, -0.2) is 0 Å². The van der Waals surface area contributed by atoms with Crippen molar-refractivity contribution in [1.29, 1.82) is 0 Å². The van der Waals surface area contributed by atoms with E-state index in [4.69, 9.17) is 9.31 Å². The highest BCUT2D eigenvalue weighted by molar-refractivity contribution is 6.48. The van der Waals surface area contributed by atoms with E-state index in [9.17, 15) is 4.79 Å². The summed E-state index contributed by atoms with van der Waals surface area (Å²) in [7, 11) is -0.395. The standard InChI is InChI=1S/C25H35BN2O3/c1-15(2)22(26-30-21-13-18-12-20(24(18,3)4)25(21,5)31-26)28-23(29)19-11-17(14-27-19)16-9-7-6-8-10-16/h6-11,15,18-22,27H,12-14H2,1-5H3,(H,28,29)/t18-,19?,20-,21+,22-,25-/m0/s1. The molecule has 31 heavy (non-hydrogen) atoms. The largest absolute Gasteiger partial charge is 0.481 e. The number of hydrogen-bond donors (Lipinski definition) is 2. The molecule has 1 saturated heterocycles. The lowest BCUT2D eigenvalue weighted by atomic mass is 9.43. The molecule has 2 heterocycles. The van der Waals surface area contributed by atoms with Gasteiger partial charge >= 0.3 is 7.12 Å². The van der Waals surface area contributed by atoms with Crippen molar-refractivity contribution >= 4 is 18.6 Å². The van der Waals surface area contributed by atoms with E-state index in [1.807, 2.05) is 24.3 Å². The third-order valence-electron chi connectivity index (χ3n) is 8.60. The summed E-state index contributed by atoms with van der Waals surface area (Å²) >= 11 is 0. The Kier molecular flexibility index (Phi) is 5.11. The highest BCUT2D eigenvalue weighted by Gasteiger charge is 2.68. The average Bonchev–Trinajstić information content (AvgIpc) is 3.36. The maximum atomic E-state index is 13.1. The third-order valence-corrected chi connectivity index (χ3v) is 8.60. The second-order valence-electron chi connectivity index (χ2n) is 11.0. The molecule has 2 bridgehead atoms. The van der Waals surface area contributed by atoms with Crippen LogP contribution >= 0.6 is 0 Å². The number of hydrogen-bond acceptors (Lipinski definition) is 4. The molecule has 3 aliphatic carbocycles. The van der Waals surface area contributed by atoms with Crippen molar-refractivity contribution < 1.29 is 14.1 Å². The van der Waals surface area contributed by atoms with Crippen LogP contribution in [0.4, 0.5) is 0 Å². The summed E-state index contributed by atoms with van der Waals surface area (Å²) in [6.45, 7) is 11.9. The Bertz CT molecular complexity index is 886. The number of nitrogens with one attached hydrogen (secondary N) is 2. The number of amides is 1. The van der Waals surface area contributed by atoms with Crippen LogP contribution < -0.4 is 10.6 Å². The van der Waals surface area contributed by atoms with Crippen molar-refractivity contribution in [3.8, 4) is 0 Å². The predicted octanol–water partition coefficient (Wildman–Crippen LogP) is 3.45. The highest BCUT2D eigenvalue weighted by atomic mass is 16.7. The van der Waals surface area contributed by atoms with Gasteiger partial charge in [0, 0.05) is 6.54 Å². The summed E-state index contributed by atoms with van der Waals surface area (Å²) in [5.74, 6) is 1.26. The quantitative estimate of drug-likeness (QED) is 0.714. The van der Waals surface area contributed by atoms with Gasteiger partial charge in [-0.15, -0.1) is 0 Å². The van der Waals surface area contributed by atoms with Crippen molar-refractivity contribution in [2.75, 3.05) is 6.54 Å². The van der Waals surface area contributed by atoms with E-state index in [1.165, 1.54) is 6.42 Å².